The minimum atomic E-state index is 0.625. The second kappa shape index (κ2) is 1.60. The molecule has 1 aromatic heterocycles. The highest BCUT2D eigenvalue weighted by molar-refractivity contribution is 4.82. The molecule has 0 saturated heterocycles. The average Bonchev–Trinajstić information content (AvgIpc) is 1.69. The van der Waals surface area contributed by atoms with Crippen molar-refractivity contribution in [3.05, 3.63) is 35.8 Å². The Morgan fingerprint density at radius 2 is 2.29 bits per heavy atom. The van der Waals surface area contributed by atoms with Gasteiger partial charge in [-0.2, -0.15) is 4.73 Å². The highest BCUT2D eigenvalue weighted by Gasteiger charge is 1.77. The summed E-state index contributed by atoms with van der Waals surface area (Å²) in [5.74, 6) is 0. The molecular weight excluding hydrogens is 90.1 g/mol. The smallest absolute Gasteiger partial charge is 0.289 e. The van der Waals surface area contributed by atoms with Crippen LogP contribution in [0.5, 0.6) is 0 Å². The first-order valence-corrected chi connectivity index (χ1v) is 1.95. The molecule has 7 heavy (non-hydrogen) atoms. The van der Waals surface area contributed by atoms with Gasteiger partial charge in [-0.3, -0.25) is 0 Å². The predicted molar refractivity (Wildman–Crippen MR) is 24.2 cm³/mol. The van der Waals surface area contributed by atoms with Crippen LogP contribution < -0.4 is 4.73 Å². The highest BCUT2D eigenvalue weighted by atomic mass is 16.5. The van der Waals surface area contributed by atoms with E-state index in [1.807, 2.05) is 0 Å². The van der Waals surface area contributed by atoms with Crippen LogP contribution >= 0.6 is 0 Å². The Bertz CT molecular complexity index is 138. The van der Waals surface area contributed by atoms with E-state index in [-0.39, 0.29) is 0 Å². The molecule has 0 N–H and O–H groups in total. The molecule has 0 unspecified atom stereocenters. The van der Waals surface area contributed by atoms with Gasteiger partial charge in [0.15, 0.2) is 6.20 Å². The fourth-order valence-corrected chi connectivity index (χ4v) is 0.343. The third kappa shape index (κ3) is 0.892. The number of pyridine rings is 1. The van der Waals surface area contributed by atoms with E-state index < -0.39 is 0 Å². The summed E-state index contributed by atoms with van der Waals surface area (Å²) < 4.78 is 0.625. The van der Waals surface area contributed by atoms with Crippen LogP contribution in [0.3, 0.4) is 0 Å². The summed E-state index contributed by atoms with van der Waals surface area (Å²) in [6.07, 6.45) is 3.78. The van der Waals surface area contributed by atoms with E-state index in [0.717, 1.165) is 0 Å². The minimum absolute atomic E-state index is 0.625. The van der Waals surface area contributed by atoms with Crippen LogP contribution in [0, 0.1) is 11.4 Å². The maximum absolute atomic E-state index is 10.1. The molecule has 2 heteroatoms. The fourth-order valence-electron chi connectivity index (χ4n) is 0.343. The number of rotatable bonds is 0. The van der Waals surface area contributed by atoms with Gasteiger partial charge in [-0.05, 0) is 6.07 Å². The molecule has 0 fully saturated rings. The van der Waals surface area contributed by atoms with Gasteiger partial charge < -0.3 is 5.21 Å². The second-order valence-corrected chi connectivity index (χ2v) is 1.16. The number of hydrogen-bond donors (Lipinski definition) is 0. The first kappa shape index (κ1) is 4.12. The van der Waals surface area contributed by atoms with Crippen molar-refractivity contribution in [3.63, 3.8) is 0 Å². The second-order valence-electron chi connectivity index (χ2n) is 1.16. The van der Waals surface area contributed by atoms with E-state index in [1.54, 1.807) is 18.2 Å². The Morgan fingerprint density at radius 3 is 2.57 bits per heavy atom. The Hall–Kier alpha value is -1.05. The molecular formula is C5H4NO. The van der Waals surface area contributed by atoms with E-state index in [1.165, 1.54) is 6.20 Å². The third-order valence-electron chi connectivity index (χ3n) is 0.631. The van der Waals surface area contributed by atoms with Gasteiger partial charge in [0, 0.05) is 12.1 Å². The van der Waals surface area contributed by atoms with Gasteiger partial charge >= 0.3 is 0 Å². The summed E-state index contributed by atoms with van der Waals surface area (Å²) in [4.78, 5) is 0. The van der Waals surface area contributed by atoms with Crippen molar-refractivity contribution in [1.29, 1.82) is 0 Å². The molecule has 0 atom stereocenters. The summed E-state index contributed by atoms with van der Waals surface area (Å²) in [5, 5.41) is 10.1. The molecule has 0 amide bonds. The van der Waals surface area contributed by atoms with Crippen LogP contribution in [0.4, 0.5) is 0 Å². The lowest BCUT2D eigenvalue weighted by Crippen LogP contribution is -2.23. The molecule has 1 rings (SSSR count). The molecule has 0 bridgehead atoms. The first-order chi connectivity index (χ1) is 3.39. The zero-order chi connectivity index (χ0) is 5.11. The maximum atomic E-state index is 10.1. The summed E-state index contributed by atoms with van der Waals surface area (Å²) in [5.41, 5.74) is 0. The number of hydrogen-bond acceptors (Lipinski definition) is 1. The van der Waals surface area contributed by atoms with Crippen molar-refractivity contribution in [2.75, 3.05) is 0 Å². The van der Waals surface area contributed by atoms with Gasteiger partial charge in [-0.1, -0.05) is 0 Å². The lowest BCUT2D eigenvalue weighted by Gasteiger charge is -1.86. The van der Waals surface area contributed by atoms with Crippen molar-refractivity contribution in [2.45, 2.75) is 0 Å². The quantitative estimate of drug-likeness (QED) is 0.331. The number of aromatic nitrogens is 1. The zero-order valence-corrected chi connectivity index (χ0v) is 3.66. The van der Waals surface area contributed by atoms with Gasteiger partial charge in [0.1, 0.15) is 0 Å². The van der Waals surface area contributed by atoms with E-state index in [4.69, 9.17) is 0 Å². The Morgan fingerprint density at radius 1 is 1.43 bits per heavy atom. The largest absolute Gasteiger partial charge is 0.618 e. The molecule has 1 aromatic rings. The molecule has 0 spiro atoms. The van der Waals surface area contributed by atoms with E-state index in [9.17, 15) is 5.21 Å². The van der Waals surface area contributed by atoms with Gasteiger partial charge in [-0.15, -0.1) is 0 Å². The molecule has 1 radical (unpaired) electrons. The normalized spacial score (nSPS) is 8.57. The van der Waals surface area contributed by atoms with Crippen LogP contribution in [0.25, 0.3) is 0 Å². The Labute approximate surface area is 41.6 Å². The minimum Gasteiger partial charge on any atom is -0.618 e. The maximum Gasteiger partial charge on any atom is 0.289 e. The van der Waals surface area contributed by atoms with Crippen molar-refractivity contribution < 1.29 is 4.73 Å². The molecule has 0 aliphatic heterocycles. The van der Waals surface area contributed by atoms with E-state index >= 15 is 0 Å². The van der Waals surface area contributed by atoms with Crippen LogP contribution in [0.1, 0.15) is 0 Å². The van der Waals surface area contributed by atoms with Crippen molar-refractivity contribution in [3.8, 4) is 0 Å². The third-order valence-corrected chi connectivity index (χ3v) is 0.631. The Balaban J connectivity index is 3.02. The van der Waals surface area contributed by atoms with Crippen LogP contribution in [-0.4, -0.2) is 0 Å². The standard InChI is InChI=1S/C5H4NO/c7-6-4-2-1-3-5-6/h1-4H. The van der Waals surface area contributed by atoms with E-state index in [0.29, 0.717) is 4.73 Å². The molecule has 35 valence electrons. The molecule has 0 aromatic carbocycles. The SMILES string of the molecule is [O-][n+]1[c]cccc1. The lowest BCUT2D eigenvalue weighted by atomic mass is 10.5. The summed E-state index contributed by atoms with van der Waals surface area (Å²) in [7, 11) is 0. The van der Waals surface area contributed by atoms with Gasteiger partial charge in [0.25, 0.3) is 6.20 Å². The molecule has 0 aliphatic rings. The Kier molecular flexibility index (Phi) is 0.941. The monoisotopic (exact) mass is 94.0 g/mol. The lowest BCUT2D eigenvalue weighted by molar-refractivity contribution is -0.609. The zero-order valence-electron chi connectivity index (χ0n) is 3.66. The van der Waals surface area contributed by atoms with Crippen LogP contribution in [-0.2, 0) is 0 Å². The van der Waals surface area contributed by atoms with Gasteiger partial charge in [-0.25, -0.2) is 0 Å². The van der Waals surface area contributed by atoms with E-state index in [2.05, 4.69) is 6.20 Å². The number of nitrogens with zero attached hydrogens (tertiary/aromatic N) is 1. The summed E-state index contributed by atoms with van der Waals surface area (Å²) in [6.45, 7) is 0. The van der Waals surface area contributed by atoms with Crippen molar-refractivity contribution in [2.24, 2.45) is 0 Å². The molecule has 1 heterocycles. The highest BCUT2D eigenvalue weighted by Crippen LogP contribution is 1.71. The van der Waals surface area contributed by atoms with Crippen molar-refractivity contribution in [1.82, 2.24) is 0 Å². The topological polar surface area (TPSA) is 26.9 Å². The van der Waals surface area contributed by atoms with Crippen molar-refractivity contribution >= 4 is 0 Å². The summed E-state index contributed by atoms with van der Waals surface area (Å²) in [6, 6.07) is 4.96. The average molecular weight is 94.1 g/mol. The fraction of sp³-hybridized carbons (Fsp3) is 0. The van der Waals surface area contributed by atoms with Gasteiger partial charge in [0.05, 0.1) is 0 Å². The van der Waals surface area contributed by atoms with Crippen LogP contribution in [0.15, 0.2) is 24.4 Å². The predicted octanol–water partition coefficient (Wildman–Crippen LogP) is 0.120. The molecule has 2 nitrogen and oxygen atoms in total. The first-order valence-electron chi connectivity index (χ1n) is 1.95. The summed E-state index contributed by atoms with van der Waals surface area (Å²) >= 11 is 0. The molecule has 0 saturated carbocycles. The van der Waals surface area contributed by atoms with Crippen LogP contribution in [0.2, 0.25) is 0 Å². The molecule has 0 aliphatic carbocycles. The van der Waals surface area contributed by atoms with Gasteiger partial charge in [0.2, 0.25) is 0 Å².